The predicted octanol–water partition coefficient (Wildman–Crippen LogP) is 4.63. The maximum Gasteiger partial charge on any atom is 0.0208 e. The standard InChI is InChI=1S/C15H16BrN.BrH/c1-12-2-4-13(5-3-12)10-17-11-14-6-8-15(16)9-7-14;/h2-9,17H,10-11H2,1H3;1H. The van der Waals surface area contributed by atoms with Gasteiger partial charge in [0.15, 0.2) is 0 Å². The fourth-order valence-corrected chi connectivity index (χ4v) is 1.92. The second-order valence-corrected chi connectivity index (χ2v) is 5.13. The molecule has 3 heteroatoms. The van der Waals surface area contributed by atoms with E-state index in [1.807, 2.05) is 0 Å². The number of nitrogens with one attached hydrogen (secondary N) is 1. The zero-order chi connectivity index (χ0) is 12.1. The fraction of sp³-hybridized carbons (Fsp3) is 0.200. The van der Waals surface area contributed by atoms with Crippen LogP contribution in [0.15, 0.2) is 53.0 Å². The second-order valence-electron chi connectivity index (χ2n) is 4.22. The van der Waals surface area contributed by atoms with Crippen LogP contribution in [0.25, 0.3) is 0 Å². The normalized spacial score (nSPS) is 9.89. The summed E-state index contributed by atoms with van der Waals surface area (Å²) in [6.45, 7) is 3.93. The van der Waals surface area contributed by atoms with Crippen molar-refractivity contribution in [3.8, 4) is 0 Å². The van der Waals surface area contributed by atoms with Crippen LogP contribution in [-0.2, 0) is 13.1 Å². The van der Waals surface area contributed by atoms with Crippen molar-refractivity contribution in [3.05, 3.63) is 69.7 Å². The molecule has 0 saturated heterocycles. The first kappa shape index (κ1) is 15.4. The van der Waals surface area contributed by atoms with Crippen molar-refractivity contribution < 1.29 is 0 Å². The van der Waals surface area contributed by atoms with Gasteiger partial charge >= 0.3 is 0 Å². The van der Waals surface area contributed by atoms with E-state index in [1.54, 1.807) is 0 Å². The first-order valence-corrected chi connectivity index (χ1v) is 6.54. The van der Waals surface area contributed by atoms with E-state index in [0.717, 1.165) is 17.6 Å². The van der Waals surface area contributed by atoms with Crippen molar-refractivity contribution in [2.75, 3.05) is 0 Å². The molecule has 0 fully saturated rings. The lowest BCUT2D eigenvalue weighted by molar-refractivity contribution is 0.693. The van der Waals surface area contributed by atoms with Crippen LogP contribution >= 0.6 is 32.9 Å². The third-order valence-electron chi connectivity index (χ3n) is 2.69. The van der Waals surface area contributed by atoms with Gasteiger partial charge in [-0.3, -0.25) is 0 Å². The average Bonchev–Trinajstić information content (AvgIpc) is 2.34. The summed E-state index contributed by atoms with van der Waals surface area (Å²) in [5, 5.41) is 3.44. The van der Waals surface area contributed by atoms with Gasteiger partial charge in [-0.25, -0.2) is 0 Å². The smallest absolute Gasteiger partial charge is 0.0208 e. The van der Waals surface area contributed by atoms with Crippen LogP contribution in [0.2, 0.25) is 0 Å². The topological polar surface area (TPSA) is 12.0 Å². The van der Waals surface area contributed by atoms with E-state index in [1.165, 1.54) is 16.7 Å². The van der Waals surface area contributed by atoms with Crippen LogP contribution in [0, 0.1) is 6.92 Å². The number of aryl methyl sites for hydroxylation is 1. The van der Waals surface area contributed by atoms with Gasteiger partial charge in [0, 0.05) is 17.6 Å². The van der Waals surface area contributed by atoms with Crippen molar-refractivity contribution in [3.63, 3.8) is 0 Å². The van der Waals surface area contributed by atoms with Crippen LogP contribution in [0.4, 0.5) is 0 Å². The molecule has 2 aromatic rings. The molecule has 0 heterocycles. The average molecular weight is 371 g/mol. The molecule has 0 spiro atoms. The van der Waals surface area contributed by atoms with Crippen LogP contribution < -0.4 is 5.32 Å². The van der Waals surface area contributed by atoms with E-state index in [4.69, 9.17) is 0 Å². The summed E-state index contributed by atoms with van der Waals surface area (Å²) in [6, 6.07) is 17.0. The van der Waals surface area contributed by atoms with Crippen LogP contribution in [0.3, 0.4) is 0 Å². The summed E-state index contributed by atoms with van der Waals surface area (Å²) in [5.74, 6) is 0. The third kappa shape index (κ3) is 4.92. The monoisotopic (exact) mass is 369 g/mol. The van der Waals surface area contributed by atoms with Crippen molar-refractivity contribution >= 4 is 32.9 Å². The van der Waals surface area contributed by atoms with E-state index >= 15 is 0 Å². The number of benzene rings is 2. The molecule has 1 N–H and O–H groups in total. The molecule has 0 bridgehead atoms. The Kier molecular flexibility index (Phi) is 6.61. The van der Waals surface area contributed by atoms with Gasteiger partial charge in [0.2, 0.25) is 0 Å². The van der Waals surface area contributed by atoms with E-state index in [9.17, 15) is 0 Å². The first-order valence-electron chi connectivity index (χ1n) is 5.75. The Balaban J connectivity index is 0.00000162. The van der Waals surface area contributed by atoms with E-state index in [-0.39, 0.29) is 17.0 Å². The Morgan fingerprint density at radius 1 is 0.833 bits per heavy atom. The molecule has 0 radical (unpaired) electrons. The number of halogens is 2. The number of hydrogen-bond acceptors (Lipinski definition) is 1. The molecule has 0 aliphatic rings. The Morgan fingerprint density at radius 3 is 1.78 bits per heavy atom. The third-order valence-corrected chi connectivity index (χ3v) is 3.22. The quantitative estimate of drug-likeness (QED) is 0.827. The summed E-state index contributed by atoms with van der Waals surface area (Å²) in [5.41, 5.74) is 3.94. The van der Waals surface area contributed by atoms with Gasteiger partial charge in [-0.2, -0.15) is 0 Å². The maximum atomic E-state index is 3.44. The number of hydrogen-bond donors (Lipinski definition) is 1. The van der Waals surface area contributed by atoms with Gasteiger partial charge in [-0.05, 0) is 30.2 Å². The highest BCUT2D eigenvalue weighted by Crippen LogP contribution is 2.10. The molecule has 0 atom stereocenters. The second kappa shape index (κ2) is 7.72. The Morgan fingerprint density at radius 2 is 1.28 bits per heavy atom. The maximum absolute atomic E-state index is 3.44. The molecule has 0 amide bonds. The highest BCUT2D eigenvalue weighted by atomic mass is 79.9. The van der Waals surface area contributed by atoms with Crippen molar-refractivity contribution in [2.45, 2.75) is 20.0 Å². The molecule has 0 aromatic heterocycles. The molecule has 2 rings (SSSR count). The zero-order valence-electron chi connectivity index (χ0n) is 10.3. The van der Waals surface area contributed by atoms with Crippen molar-refractivity contribution in [2.24, 2.45) is 0 Å². The fourth-order valence-electron chi connectivity index (χ4n) is 1.66. The molecular formula is C15H17Br2N. The molecule has 0 unspecified atom stereocenters. The molecule has 0 aliphatic heterocycles. The lowest BCUT2D eigenvalue weighted by Gasteiger charge is -2.05. The number of rotatable bonds is 4. The summed E-state index contributed by atoms with van der Waals surface area (Å²) >= 11 is 3.44. The Bertz CT molecular complexity index is 417. The SMILES string of the molecule is Br.Cc1ccc(CNCc2ccc(Br)cc2)cc1. The molecule has 96 valence electrons. The van der Waals surface area contributed by atoms with Gasteiger partial charge in [-0.15, -0.1) is 17.0 Å². The van der Waals surface area contributed by atoms with Gasteiger partial charge < -0.3 is 5.32 Å². The summed E-state index contributed by atoms with van der Waals surface area (Å²) in [6.07, 6.45) is 0. The van der Waals surface area contributed by atoms with E-state index in [2.05, 4.69) is 76.7 Å². The first-order chi connectivity index (χ1) is 8.24. The molecular weight excluding hydrogens is 354 g/mol. The lowest BCUT2D eigenvalue weighted by atomic mass is 10.1. The van der Waals surface area contributed by atoms with Crippen LogP contribution in [-0.4, -0.2) is 0 Å². The minimum atomic E-state index is 0. The minimum Gasteiger partial charge on any atom is -0.309 e. The van der Waals surface area contributed by atoms with Crippen molar-refractivity contribution in [1.29, 1.82) is 0 Å². The van der Waals surface area contributed by atoms with Crippen LogP contribution in [0.1, 0.15) is 16.7 Å². The lowest BCUT2D eigenvalue weighted by Crippen LogP contribution is -2.12. The van der Waals surface area contributed by atoms with Gasteiger partial charge in [-0.1, -0.05) is 57.9 Å². The van der Waals surface area contributed by atoms with E-state index in [0.29, 0.717) is 0 Å². The zero-order valence-corrected chi connectivity index (χ0v) is 13.6. The van der Waals surface area contributed by atoms with Crippen LogP contribution in [0.5, 0.6) is 0 Å². The Hall–Kier alpha value is -0.640. The summed E-state index contributed by atoms with van der Waals surface area (Å²) < 4.78 is 1.12. The summed E-state index contributed by atoms with van der Waals surface area (Å²) in [7, 11) is 0. The molecule has 18 heavy (non-hydrogen) atoms. The van der Waals surface area contributed by atoms with Gasteiger partial charge in [0.1, 0.15) is 0 Å². The highest BCUT2D eigenvalue weighted by Gasteiger charge is 1.94. The molecule has 0 saturated carbocycles. The Labute approximate surface area is 128 Å². The van der Waals surface area contributed by atoms with E-state index < -0.39 is 0 Å². The summed E-state index contributed by atoms with van der Waals surface area (Å²) in [4.78, 5) is 0. The minimum absolute atomic E-state index is 0. The van der Waals surface area contributed by atoms with Gasteiger partial charge in [0.05, 0.1) is 0 Å². The molecule has 1 nitrogen and oxygen atoms in total. The predicted molar refractivity (Wildman–Crippen MR) is 86.2 cm³/mol. The van der Waals surface area contributed by atoms with Crippen molar-refractivity contribution in [1.82, 2.24) is 5.32 Å². The molecule has 2 aromatic carbocycles. The highest BCUT2D eigenvalue weighted by molar-refractivity contribution is 9.10. The largest absolute Gasteiger partial charge is 0.309 e. The molecule has 0 aliphatic carbocycles. The van der Waals surface area contributed by atoms with Gasteiger partial charge in [0.25, 0.3) is 0 Å².